The summed E-state index contributed by atoms with van der Waals surface area (Å²) in [6, 6.07) is 20.3. The van der Waals surface area contributed by atoms with Crippen LogP contribution < -0.4 is 9.47 Å². The van der Waals surface area contributed by atoms with E-state index in [4.69, 9.17) is 9.47 Å². The van der Waals surface area contributed by atoms with Crippen LogP contribution in [0.1, 0.15) is 34.8 Å². The van der Waals surface area contributed by atoms with E-state index in [1.165, 1.54) is 10.9 Å². The van der Waals surface area contributed by atoms with Gasteiger partial charge in [0.15, 0.2) is 11.5 Å². The summed E-state index contributed by atoms with van der Waals surface area (Å²) in [6.45, 7) is 0.900. The molecular weight excluding hydrogens is 440 g/mol. The van der Waals surface area contributed by atoms with Crippen molar-refractivity contribution in [2.75, 3.05) is 13.3 Å². The molecule has 0 saturated heterocycles. The van der Waals surface area contributed by atoms with Crippen LogP contribution in [0.25, 0.3) is 21.9 Å². The van der Waals surface area contributed by atoms with Gasteiger partial charge in [-0.1, -0.05) is 30.3 Å². The summed E-state index contributed by atoms with van der Waals surface area (Å²) in [7, 11) is 0. The standard InChI is InChI=1S/C28H24N4O3/c33-26(10-6-17-5-8-22-23(13-17)30-15-29-22)32-12-11-20-19-3-1-2-4-21(19)31-27(20)28(32)18-7-9-24-25(14-18)35-16-34-24/h1-5,7-9,13-15,28,31H,6,10-12,16H2,(H,29,30). The van der Waals surface area contributed by atoms with Crippen LogP contribution in [0.4, 0.5) is 0 Å². The van der Waals surface area contributed by atoms with Gasteiger partial charge in [0.25, 0.3) is 0 Å². The lowest BCUT2D eigenvalue weighted by atomic mass is 9.91. The van der Waals surface area contributed by atoms with Crippen LogP contribution in [-0.4, -0.2) is 39.1 Å². The lowest BCUT2D eigenvalue weighted by molar-refractivity contribution is -0.133. The van der Waals surface area contributed by atoms with Crippen molar-refractivity contribution in [2.45, 2.75) is 25.3 Å². The molecule has 0 saturated carbocycles. The summed E-state index contributed by atoms with van der Waals surface area (Å²) in [5.41, 5.74) is 7.55. The number of nitrogens with zero attached hydrogens (tertiary/aromatic N) is 2. The number of rotatable bonds is 4. The van der Waals surface area contributed by atoms with Gasteiger partial charge in [0.1, 0.15) is 0 Å². The fraction of sp³-hybridized carbons (Fsp3) is 0.214. The first-order valence-electron chi connectivity index (χ1n) is 11.9. The Labute approximate surface area is 201 Å². The Hall–Kier alpha value is -4.26. The zero-order chi connectivity index (χ0) is 23.4. The largest absolute Gasteiger partial charge is 0.454 e. The van der Waals surface area contributed by atoms with E-state index in [2.05, 4.69) is 45.3 Å². The van der Waals surface area contributed by atoms with Crippen molar-refractivity contribution in [2.24, 2.45) is 0 Å². The summed E-state index contributed by atoms with van der Waals surface area (Å²) in [5, 5.41) is 1.23. The highest BCUT2D eigenvalue weighted by Crippen LogP contribution is 2.42. The van der Waals surface area contributed by atoms with Crippen molar-refractivity contribution in [3.05, 3.63) is 89.4 Å². The van der Waals surface area contributed by atoms with Gasteiger partial charge < -0.3 is 24.3 Å². The molecule has 1 atom stereocenters. The lowest BCUT2D eigenvalue weighted by Gasteiger charge is -2.36. The molecule has 0 fully saturated rings. The van der Waals surface area contributed by atoms with E-state index in [9.17, 15) is 4.79 Å². The third-order valence-electron chi connectivity index (χ3n) is 7.18. The van der Waals surface area contributed by atoms with Gasteiger partial charge in [-0.25, -0.2) is 4.98 Å². The van der Waals surface area contributed by atoms with Crippen molar-refractivity contribution in [3.8, 4) is 11.5 Å². The summed E-state index contributed by atoms with van der Waals surface area (Å²) in [5.74, 6) is 1.61. The maximum Gasteiger partial charge on any atom is 0.231 e. The molecule has 174 valence electrons. The number of carbonyl (C=O) groups excluding carboxylic acids is 1. The molecule has 3 aromatic carbocycles. The van der Waals surface area contributed by atoms with Gasteiger partial charge in [-0.2, -0.15) is 0 Å². The number of H-pyrrole nitrogens is 2. The number of ether oxygens (including phenoxy) is 2. The molecule has 2 aliphatic rings. The number of fused-ring (bicyclic) bond motifs is 5. The molecule has 7 nitrogen and oxygen atoms in total. The molecule has 2 N–H and O–H groups in total. The first kappa shape index (κ1) is 20.1. The highest BCUT2D eigenvalue weighted by molar-refractivity contribution is 5.87. The van der Waals surface area contributed by atoms with E-state index in [-0.39, 0.29) is 18.7 Å². The van der Waals surface area contributed by atoms with Crippen LogP contribution >= 0.6 is 0 Å². The highest BCUT2D eigenvalue weighted by Gasteiger charge is 2.35. The quantitative estimate of drug-likeness (QED) is 0.397. The van der Waals surface area contributed by atoms with Crippen molar-refractivity contribution in [1.29, 1.82) is 0 Å². The molecule has 1 unspecified atom stereocenters. The van der Waals surface area contributed by atoms with E-state index in [0.717, 1.165) is 51.3 Å². The van der Waals surface area contributed by atoms with E-state index in [1.54, 1.807) is 6.33 Å². The monoisotopic (exact) mass is 464 g/mol. The Kier molecular flexibility index (Phi) is 4.55. The number of carbonyl (C=O) groups is 1. The Bertz CT molecular complexity index is 1580. The zero-order valence-corrected chi connectivity index (χ0v) is 19.1. The molecule has 2 aliphatic heterocycles. The van der Waals surface area contributed by atoms with Gasteiger partial charge in [0.05, 0.1) is 23.4 Å². The maximum absolute atomic E-state index is 13.7. The van der Waals surface area contributed by atoms with Gasteiger partial charge in [-0.3, -0.25) is 4.79 Å². The van der Waals surface area contributed by atoms with Crippen LogP contribution in [-0.2, 0) is 17.6 Å². The van der Waals surface area contributed by atoms with Gasteiger partial charge in [0.2, 0.25) is 12.7 Å². The second-order valence-electron chi connectivity index (χ2n) is 9.17. The van der Waals surface area contributed by atoms with Crippen molar-refractivity contribution >= 4 is 27.8 Å². The molecule has 0 bridgehead atoms. The molecule has 2 aromatic heterocycles. The van der Waals surface area contributed by atoms with Crippen LogP contribution in [0.2, 0.25) is 0 Å². The van der Waals surface area contributed by atoms with E-state index < -0.39 is 0 Å². The number of aromatic amines is 2. The fourth-order valence-electron chi connectivity index (χ4n) is 5.47. The predicted molar refractivity (Wildman–Crippen MR) is 133 cm³/mol. The first-order chi connectivity index (χ1) is 17.2. The minimum Gasteiger partial charge on any atom is -0.454 e. The number of imidazole rings is 1. The number of para-hydroxylation sites is 1. The van der Waals surface area contributed by atoms with Crippen molar-refractivity contribution in [3.63, 3.8) is 0 Å². The Morgan fingerprint density at radius 1 is 1.03 bits per heavy atom. The van der Waals surface area contributed by atoms with Gasteiger partial charge >= 0.3 is 0 Å². The molecule has 0 spiro atoms. The van der Waals surface area contributed by atoms with Gasteiger partial charge in [0, 0.05) is 29.6 Å². The van der Waals surface area contributed by atoms with E-state index in [0.29, 0.717) is 19.4 Å². The highest BCUT2D eigenvalue weighted by atomic mass is 16.7. The molecule has 5 aromatic rings. The molecule has 7 rings (SSSR count). The number of nitrogens with one attached hydrogen (secondary N) is 2. The third-order valence-corrected chi connectivity index (χ3v) is 7.18. The van der Waals surface area contributed by atoms with Gasteiger partial charge in [-0.15, -0.1) is 0 Å². The molecule has 4 heterocycles. The number of benzene rings is 3. The average Bonchev–Trinajstić information content (AvgIpc) is 3.63. The minimum atomic E-state index is -0.205. The Morgan fingerprint density at radius 2 is 1.94 bits per heavy atom. The molecular formula is C28H24N4O3. The summed E-state index contributed by atoms with van der Waals surface area (Å²) in [4.78, 5) is 26.7. The molecule has 0 radical (unpaired) electrons. The van der Waals surface area contributed by atoms with Crippen LogP contribution in [0, 0.1) is 0 Å². The van der Waals surface area contributed by atoms with Crippen LogP contribution in [0.15, 0.2) is 67.0 Å². The molecule has 7 heteroatoms. The smallest absolute Gasteiger partial charge is 0.231 e. The summed E-state index contributed by atoms with van der Waals surface area (Å²) in [6.07, 6.45) is 3.64. The van der Waals surface area contributed by atoms with Crippen molar-refractivity contribution < 1.29 is 14.3 Å². The second-order valence-corrected chi connectivity index (χ2v) is 9.17. The number of hydrogen-bond donors (Lipinski definition) is 2. The topological polar surface area (TPSA) is 83.2 Å². The maximum atomic E-state index is 13.7. The Morgan fingerprint density at radius 3 is 2.91 bits per heavy atom. The molecule has 0 aliphatic carbocycles. The normalized spacial score (nSPS) is 16.7. The van der Waals surface area contributed by atoms with Crippen molar-refractivity contribution in [1.82, 2.24) is 19.9 Å². The minimum absolute atomic E-state index is 0.140. The Balaban J connectivity index is 1.24. The molecule has 35 heavy (non-hydrogen) atoms. The van der Waals surface area contributed by atoms with Crippen LogP contribution in [0.5, 0.6) is 11.5 Å². The number of amides is 1. The fourth-order valence-corrected chi connectivity index (χ4v) is 5.47. The number of aromatic nitrogens is 3. The SMILES string of the molecule is O=C(CCc1ccc2nc[nH]c2c1)N1CCc2c([nH]c3ccccc23)C1c1ccc2c(c1)OCO2. The predicted octanol–water partition coefficient (Wildman–Crippen LogP) is 4.88. The number of aryl methyl sites for hydroxylation is 1. The summed E-state index contributed by atoms with van der Waals surface area (Å²) < 4.78 is 11.2. The average molecular weight is 465 g/mol. The summed E-state index contributed by atoms with van der Waals surface area (Å²) >= 11 is 0. The van der Waals surface area contributed by atoms with Crippen LogP contribution in [0.3, 0.4) is 0 Å². The third kappa shape index (κ3) is 3.34. The first-order valence-corrected chi connectivity index (χ1v) is 11.9. The number of hydrogen-bond acceptors (Lipinski definition) is 4. The molecule has 1 amide bonds. The van der Waals surface area contributed by atoms with E-state index >= 15 is 0 Å². The van der Waals surface area contributed by atoms with E-state index in [1.807, 2.05) is 35.2 Å². The lowest BCUT2D eigenvalue weighted by Crippen LogP contribution is -2.40. The second kappa shape index (κ2) is 7.91. The van der Waals surface area contributed by atoms with Gasteiger partial charge in [-0.05, 0) is 59.9 Å². The zero-order valence-electron chi connectivity index (χ0n) is 19.1.